The van der Waals surface area contributed by atoms with Crippen LogP contribution in [0, 0.1) is 0 Å². The maximum Gasteiger partial charge on any atom is 0.261 e. The van der Waals surface area contributed by atoms with Crippen LogP contribution in [0.25, 0.3) is 10.2 Å². The maximum absolute atomic E-state index is 13.6. The van der Waals surface area contributed by atoms with Crippen molar-refractivity contribution < 1.29 is 9.53 Å². The number of benzene rings is 2. The number of carbonyl (C=O) groups is 1. The van der Waals surface area contributed by atoms with E-state index < -0.39 is 0 Å². The topological polar surface area (TPSA) is 45.7 Å². The average Bonchev–Trinajstić information content (AvgIpc) is 3.19. The van der Waals surface area contributed by atoms with E-state index in [1.807, 2.05) is 60.5 Å². The third-order valence-electron chi connectivity index (χ3n) is 5.01. The van der Waals surface area contributed by atoms with Gasteiger partial charge in [0.05, 0.1) is 22.4 Å². The van der Waals surface area contributed by atoms with E-state index in [2.05, 4.69) is 18.7 Å². The van der Waals surface area contributed by atoms with Crippen molar-refractivity contribution in [2.24, 2.45) is 0 Å². The van der Waals surface area contributed by atoms with Crippen LogP contribution < -0.4 is 9.64 Å². The summed E-state index contributed by atoms with van der Waals surface area (Å²) in [6.45, 7) is 10.2. The summed E-state index contributed by atoms with van der Waals surface area (Å²) in [5.41, 5.74) is 1.61. The molecule has 0 aliphatic heterocycles. The Morgan fingerprint density at radius 3 is 2.57 bits per heavy atom. The highest BCUT2D eigenvalue weighted by Crippen LogP contribution is 2.33. The first kappa shape index (κ1) is 22.6. The Bertz CT molecular complexity index is 985. The third kappa shape index (κ3) is 5.14. The number of ether oxygens (including phenoxy) is 1. The molecular formula is C23H29N3O2S2. The number of hydrogen-bond acceptors (Lipinski definition) is 6. The van der Waals surface area contributed by atoms with Crippen LogP contribution in [0.15, 0.2) is 47.4 Å². The van der Waals surface area contributed by atoms with Crippen molar-refractivity contribution in [3.05, 3.63) is 48.0 Å². The molecule has 30 heavy (non-hydrogen) atoms. The van der Waals surface area contributed by atoms with Gasteiger partial charge in [0.15, 0.2) is 5.13 Å². The second kappa shape index (κ2) is 10.8. The standard InChI is InChI=1S/C23H29N3O2S2/c1-5-25(6-2)14-15-26(22(27)18-10-8-9-11-20(18)29-4)23-24-19-13-12-17(28-7-3)16-21(19)30-23/h8-13,16H,5-7,14-15H2,1-4H3. The summed E-state index contributed by atoms with van der Waals surface area (Å²) in [5, 5.41) is 0.728. The number of amides is 1. The summed E-state index contributed by atoms with van der Waals surface area (Å²) >= 11 is 3.13. The fraction of sp³-hybridized carbons (Fsp3) is 0.391. The van der Waals surface area contributed by atoms with Crippen molar-refractivity contribution in [3.63, 3.8) is 0 Å². The quantitative estimate of drug-likeness (QED) is 0.392. The zero-order valence-electron chi connectivity index (χ0n) is 18.1. The Morgan fingerprint density at radius 1 is 1.10 bits per heavy atom. The molecule has 0 unspecified atom stereocenters. The molecule has 0 fully saturated rings. The molecule has 1 heterocycles. The minimum absolute atomic E-state index is 0.00352. The van der Waals surface area contributed by atoms with Crippen LogP contribution in [-0.4, -0.2) is 54.8 Å². The van der Waals surface area contributed by atoms with Gasteiger partial charge in [-0.25, -0.2) is 4.98 Å². The molecule has 0 spiro atoms. The molecule has 160 valence electrons. The van der Waals surface area contributed by atoms with Gasteiger partial charge in [-0.1, -0.05) is 37.3 Å². The highest BCUT2D eigenvalue weighted by molar-refractivity contribution is 7.98. The lowest BCUT2D eigenvalue weighted by Crippen LogP contribution is -2.39. The fourth-order valence-corrected chi connectivity index (χ4v) is 4.91. The van der Waals surface area contributed by atoms with Gasteiger partial charge in [0.1, 0.15) is 5.75 Å². The van der Waals surface area contributed by atoms with Crippen molar-refractivity contribution in [1.29, 1.82) is 0 Å². The molecule has 2 aromatic carbocycles. The molecule has 1 aromatic heterocycles. The van der Waals surface area contributed by atoms with E-state index in [1.165, 1.54) is 11.3 Å². The van der Waals surface area contributed by atoms with Crippen molar-refractivity contribution in [2.75, 3.05) is 43.9 Å². The highest BCUT2D eigenvalue weighted by Gasteiger charge is 2.23. The van der Waals surface area contributed by atoms with Crippen molar-refractivity contribution in [2.45, 2.75) is 25.7 Å². The summed E-state index contributed by atoms with van der Waals surface area (Å²) in [6.07, 6.45) is 2.00. The number of likely N-dealkylation sites (N-methyl/N-ethyl adjacent to an activating group) is 1. The molecule has 5 nitrogen and oxygen atoms in total. The van der Waals surface area contributed by atoms with Gasteiger partial charge >= 0.3 is 0 Å². The van der Waals surface area contributed by atoms with E-state index in [0.717, 1.165) is 51.2 Å². The van der Waals surface area contributed by atoms with Crippen molar-refractivity contribution in [3.8, 4) is 5.75 Å². The van der Waals surface area contributed by atoms with Crippen LogP contribution in [0.4, 0.5) is 5.13 Å². The second-order valence-corrected chi connectivity index (χ2v) is 8.60. The van der Waals surface area contributed by atoms with Gasteiger partial charge in [-0.2, -0.15) is 0 Å². The molecular weight excluding hydrogens is 414 g/mol. The molecule has 0 atom stereocenters. The maximum atomic E-state index is 13.6. The van der Waals surface area contributed by atoms with Crippen molar-refractivity contribution >= 4 is 44.4 Å². The number of thioether (sulfide) groups is 1. The number of fused-ring (bicyclic) bond motifs is 1. The highest BCUT2D eigenvalue weighted by atomic mass is 32.2. The third-order valence-corrected chi connectivity index (χ3v) is 6.84. The Hall–Kier alpha value is -2.09. The van der Waals surface area contributed by atoms with Crippen LogP contribution in [0.1, 0.15) is 31.1 Å². The number of anilines is 1. The smallest absolute Gasteiger partial charge is 0.261 e. The summed E-state index contributed by atoms with van der Waals surface area (Å²) in [6, 6.07) is 13.7. The van der Waals surface area contributed by atoms with E-state index in [9.17, 15) is 4.79 Å². The predicted molar refractivity (Wildman–Crippen MR) is 128 cm³/mol. The minimum Gasteiger partial charge on any atom is -0.494 e. The Morgan fingerprint density at radius 2 is 1.87 bits per heavy atom. The van der Waals surface area contributed by atoms with Crippen LogP contribution in [-0.2, 0) is 0 Å². The van der Waals surface area contributed by atoms with E-state index in [4.69, 9.17) is 9.72 Å². The molecule has 0 aliphatic rings. The summed E-state index contributed by atoms with van der Waals surface area (Å²) in [5.74, 6) is 0.824. The fourth-order valence-electron chi connectivity index (χ4n) is 3.30. The van der Waals surface area contributed by atoms with Gasteiger partial charge in [0.25, 0.3) is 5.91 Å². The van der Waals surface area contributed by atoms with E-state index in [1.54, 1.807) is 11.8 Å². The number of thiazole rings is 1. The van der Waals surface area contributed by atoms with Gasteiger partial charge in [-0.15, -0.1) is 11.8 Å². The first-order valence-electron chi connectivity index (χ1n) is 10.3. The van der Waals surface area contributed by atoms with Crippen molar-refractivity contribution in [1.82, 2.24) is 9.88 Å². The van der Waals surface area contributed by atoms with Gasteiger partial charge in [0, 0.05) is 18.0 Å². The summed E-state index contributed by atoms with van der Waals surface area (Å²) < 4.78 is 6.65. The molecule has 7 heteroatoms. The second-order valence-electron chi connectivity index (χ2n) is 6.74. The molecule has 0 aliphatic carbocycles. The zero-order valence-corrected chi connectivity index (χ0v) is 19.7. The van der Waals surface area contributed by atoms with Gasteiger partial charge in [0.2, 0.25) is 0 Å². The lowest BCUT2D eigenvalue weighted by Gasteiger charge is -2.25. The largest absolute Gasteiger partial charge is 0.494 e. The number of carbonyl (C=O) groups excluding carboxylic acids is 1. The molecule has 0 bridgehead atoms. The number of hydrogen-bond donors (Lipinski definition) is 0. The summed E-state index contributed by atoms with van der Waals surface area (Å²) in [4.78, 5) is 23.5. The monoisotopic (exact) mass is 443 g/mol. The molecule has 1 amide bonds. The van der Waals surface area contributed by atoms with E-state index >= 15 is 0 Å². The number of rotatable bonds is 10. The average molecular weight is 444 g/mol. The summed E-state index contributed by atoms with van der Waals surface area (Å²) in [7, 11) is 0. The van der Waals surface area contributed by atoms with Crippen LogP contribution in [0.5, 0.6) is 5.75 Å². The van der Waals surface area contributed by atoms with E-state index in [-0.39, 0.29) is 5.91 Å². The number of aromatic nitrogens is 1. The Kier molecular flexibility index (Phi) is 8.13. The zero-order chi connectivity index (χ0) is 21.5. The first-order chi connectivity index (χ1) is 14.6. The molecule has 0 saturated carbocycles. The SMILES string of the molecule is CCOc1ccc2nc(N(CCN(CC)CC)C(=O)c3ccccc3SC)sc2c1. The lowest BCUT2D eigenvalue weighted by atomic mass is 10.2. The lowest BCUT2D eigenvalue weighted by molar-refractivity contribution is 0.0981. The van der Waals surface area contributed by atoms with Gasteiger partial charge < -0.3 is 9.64 Å². The van der Waals surface area contributed by atoms with Gasteiger partial charge in [-0.3, -0.25) is 9.69 Å². The van der Waals surface area contributed by atoms with Crippen LogP contribution in [0.3, 0.4) is 0 Å². The molecule has 3 aromatic rings. The first-order valence-corrected chi connectivity index (χ1v) is 12.4. The Balaban J connectivity index is 1.98. The molecule has 0 radical (unpaired) electrons. The number of nitrogens with zero attached hydrogens (tertiary/aromatic N) is 3. The molecule has 3 rings (SSSR count). The van der Waals surface area contributed by atoms with Crippen LogP contribution >= 0.6 is 23.1 Å². The van der Waals surface area contributed by atoms with Gasteiger partial charge in [-0.05, 0) is 56.6 Å². The Labute approximate surface area is 187 Å². The normalized spacial score (nSPS) is 11.2. The molecule has 0 saturated heterocycles. The predicted octanol–water partition coefficient (Wildman–Crippen LogP) is 5.41. The molecule has 0 N–H and O–H groups in total. The van der Waals surface area contributed by atoms with Crippen LogP contribution in [0.2, 0.25) is 0 Å². The van der Waals surface area contributed by atoms with E-state index in [0.29, 0.717) is 13.2 Å². The minimum atomic E-state index is -0.00352.